The first-order chi connectivity index (χ1) is 4.19. The van der Waals surface area contributed by atoms with Crippen LogP contribution in [0.1, 0.15) is 19.3 Å². The zero-order valence-electron chi connectivity index (χ0n) is 4.90. The third-order valence-electron chi connectivity index (χ3n) is 1.68. The number of nitrogens with zero attached hydrogens (tertiary/aromatic N) is 1. The fourth-order valence-corrected chi connectivity index (χ4v) is 2.21. The Bertz CT molecular complexity index is 152. The van der Waals surface area contributed by atoms with Crippen molar-refractivity contribution in [2.75, 3.05) is 0 Å². The first kappa shape index (κ1) is 7.56. The van der Waals surface area contributed by atoms with Crippen LogP contribution in [-0.2, 0) is 0 Å². The van der Waals surface area contributed by atoms with Crippen molar-refractivity contribution in [2.24, 2.45) is 0 Å². The average Bonchev–Trinajstić information content (AvgIpc) is 2.15. The molecule has 2 atom stereocenters. The molecule has 0 bridgehead atoms. The van der Waals surface area contributed by atoms with Crippen LogP contribution in [0.5, 0.6) is 0 Å². The topological polar surface area (TPSA) is 23.8 Å². The van der Waals surface area contributed by atoms with Gasteiger partial charge in [-0.2, -0.15) is 5.26 Å². The minimum Gasteiger partial charge on any atom is -0.197 e. The van der Waals surface area contributed by atoms with Crippen LogP contribution in [0, 0.1) is 11.3 Å². The lowest BCUT2D eigenvalue weighted by Crippen LogP contribution is -2.22. The van der Waals surface area contributed by atoms with E-state index in [1.54, 1.807) is 0 Å². The highest BCUT2D eigenvalue weighted by Gasteiger charge is 2.39. The lowest BCUT2D eigenvalue weighted by molar-refractivity contribution is 0.797. The van der Waals surface area contributed by atoms with Crippen LogP contribution in [0.2, 0.25) is 0 Å². The van der Waals surface area contributed by atoms with E-state index in [4.69, 9.17) is 5.26 Å². The molecule has 1 saturated carbocycles. The second-order valence-electron chi connectivity index (χ2n) is 2.33. The molecule has 0 N–H and O–H groups in total. The minimum absolute atomic E-state index is 0.271. The second-order valence-corrected chi connectivity index (χ2v) is 4.85. The van der Waals surface area contributed by atoms with Crippen molar-refractivity contribution in [3.63, 3.8) is 0 Å². The molecule has 0 aliphatic heterocycles. The Hall–Kier alpha value is 0.450. The fraction of sp³-hybridized carbons (Fsp3) is 0.833. The smallest absolute Gasteiger partial charge is 0.124 e. The summed E-state index contributed by atoms with van der Waals surface area (Å²) in [4.78, 5) is 0.343. The van der Waals surface area contributed by atoms with Crippen molar-refractivity contribution in [1.82, 2.24) is 0 Å². The summed E-state index contributed by atoms with van der Waals surface area (Å²) in [6.45, 7) is 0. The van der Waals surface area contributed by atoms with Crippen molar-refractivity contribution in [3.05, 3.63) is 0 Å². The molecule has 0 spiro atoms. The lowest BCUT2D eigenvalue weighted by atomic mass is 10.1. The van der Waals surface area contributed by atoms with Gasteiger partial charge in [-0.1, -0.05) is 31.9 Å². The average molecular weight is 253 g/mol. The van der Waals surface area contributed by atoms with Gasteiger partial charge < -0.3 is 0 Å². The largest absolute Gasteiger partial charge is 0.197 e. The van der Waals surface area contributed by atoms with Gasteiger partial charge in [-0.15, -0.1) is 0 Å². The molecule has 1 nitrogen and oxygen atoms in total. The third kappa shape index (κ3) is 1.30. The Morgan fingerprint density at radius 1 is 1.67 bits per heavy atom. The van der Waals surface area contributed by atoms with Crippen molar-refractivity contribution < 1.29 is 0 Å². The molecule has 3 heteroatoms. The van der Waals surface area contributed by atoms with E-state index >= 15 is 0 Å². The van der Waals surface area contributed by atoms with E-state index in [1.165, 1.54) is 0 Å². The van der Waals surface area contributed by atoms with E-state index in [9.17, 15) is 0 Å². The molecule has 1 fully saturated rings. The molecule has 0 radical (unpaired) electrons. The summed E-state index contributed by atoms with van der Waals surface area (Å²) >= 11 is 6.85. The van der Waals surface area contributed by atoms with E-state index in [0.29, 0.717) is 4.83 Å². The van der Waals surface area contributed by atoms with Gasteiger partial charge in [-0.05, 0) is 19.3 Å². The highest BCUT2D eigenvalue weighted by molar-refractivity contribution is 9.12. The van der Waals surface area contributed by atoms with E-state index in [2.05, 4.69) is 37.9 Å². The van der Waals surface area contributed by atoms with Gasteiger partial charge >= 0.3 is 0 Å². The molecule has 0 saturated heterocycles. The molecular formula is C6H7Br2N. The van der Waals surface area contributed by atoms with Crippen LogP contribution in [-0.4, -0.2) is 9.15 Å². The molecule has 50 valence electrons. The van der Waals surface area contributed by atoms with E-state index in [0.717, 1.165) is 19.3 Å². The quantitative estimate of drug-likeness (QED) is 0.608. The van der Waals surface area contributed by atoms with Crippen molar-refractivity contribution in [2.45, 2.75) is 28.4 Å². The molecular weight excluding hydrogens is 246 g/mol. The van der Waals surface area contributed by atoms with Gasteiger partial charge in [0.1, 0.15) is 4.32 Å². The van der Waals surface area contributed by atoms with Crippen LogP contribution in [0.3, 0.4) is 0 Å². The predicted octanol–water partition coefficient (Wildman–Crippen LogP) is 2.59. The molecule has 1 aliphatic rings. The summed E-state index contributed by atoms with van der Waals surface area (Å²) < 4.78 is -0.271. The van der Waals surface area contributed by atoms with Crippen LogP contribution in [0.25, 0.3) is 0 Å². The summed E-state index contributed by atoms with van der Waals surface area (Å²) in [6, 6.07) is 2.26. The maximum atomic E-state index is 8.67. The van der Waals surface area contributed by atoms with E-state index < -0.39 is 0 Å². The normalized spacial score (nSPS) is 42.6. The molecule has 2 unspecified atom stereocenters. The molecule has 1 aliphatic carbocycles. The van der Waals surface area contributed by atoms with Crippen molar-refractivity contribution >= 4 is 31.9 Å². The molecule has 0 heterocycles. The van der Waals surface area contributed by atoms with Gasteiger partial charge in [-0.3, -0.25) is 0 Å². The summed E-state index contributed by atoms with van der Waals surface area (Å²) in [5.74, 6) is 0. The summed E-state index contributed by atoms with van der Waals surface area (Å²) in [5.41, 5.74) is 0. The molecule has 0 aromatic rings. The molecule has 9 heavy (non-hydrogen) atoms. The Morgan fingerprint density at radius 2 is 2.33 bits per heavy atom. The monoisotopic (exact) mass is 251 g/mol. The predicted molar refractivity (Wildman–Crippen MR) is 43.8 cm³/mol. The molecule has 0 amide bonds. The maximum absolute atomic E-state index is 8.67. The second kappa shape index (κ2) is 2.59. The standard InChI is InChI=1S/C6H7Br2N/c7-5-2-1-3-6(5,8)4-9/h5H,1-3H2. The first-order valence-electron chi connectivity index (χ1n) is 2.93. The summed E-state index contributed by atoms with van der Waals surface area (Å²) in [7, 11) is 0. The minimum atomic E-state index is -0.271. The molecule has 0 aromatic carbocycles. The molecule has 1 rings (SSSR count). The highest BCUT2D eigenvalue weighted by Crippen LogP contribution is 2.41. The Labute approximate surface area is 71.7 Å². The number of alkyl halides is 2. The Balaban J connectivity index is 2.70. The van der Waals surface area contributed by atoms with Crippen LogP contribution in [0.15, 0.2) is 0 Å². The van der Waals surface area contributed by atoms with Gasteiger partial charge in [0.2, 0.25) is 0 Å². The van der Waals surface area contributed by atoms with Gasteiger partial charge in [0, 0.05) is 4.83 Å². The number of nitriles is 1. The zero-order valence-corrected chi connectivity index (χ0v) is 8.07. The van der Waals surface area contributed by atoms with E-state index in [1.807, 2.05) is 0 Å². The first-order valence-corrected chi connectivity index (χ1v) is 4.64. The maximum Gasteiger partial charge on any atom is 0.124 e. The van der Waals surface area contributed by atoms with Crippen LogP contribution < -0.4 is 0 Å². The van der Waals surface area contributed by atoms with Crippen molar-refractivity contribution in [3.8, 4) is 6.07 Å². The summed E-state index contributed by atoms with van der Waals surface area (Å²) in [5, 5.41) is 8.67. The van der Waals surface area contributed by atoms with E-state index in [-0.39, 0.29) is 4.32 Å². The Kier molecular flexibility index (Phi) is 2.18. The van der Waals surface area contributed by atoms with Gasteiger partial charge in [0.05, 0.1) is 6.07 Å². The van der Waals surface area contributed by atoms with Crippen LogP contribution >= 0.6 is 31.9 Å². The SMILES string of the molecule is N#CC1(Br)CCCC1Br. The number of rotatable bonds is 0. The zero-order chi connectivity index (χ0) is 6.91. The number of halogens is 2. The third-order valence-corrected chi connectivity index (χ3v) is 4.66. The van der Waals surface area contributed by atoms with Gasteiger partial charge in [0.25, 0.3) is 0 Å². The fourth-order valence-electron chi connectivity index (χ4n) is 1.05. The number of hydrogen-bond donors (Lipinski definition) is 0. The van der Waals surface area contributed by atoms with Crippen LogP contribution in [0.4, 0.5) is 0 Å². The van der Waals surface area contributed by atoms with Gasteiger partial charge in [-0.25, -0.2) is 0 Å². The lowest BCUT2D eigenvalue weighted by Gasteiger charge is -2.14. The summed E-state index contributed by atoms with van der Waals surface area (Å²) in [6.07, 6.45) is 3.23. The van der Waals surface area contributed by atoms with Crippen molar-refractivity contribution in [1.29, 1.82) is 5.26 Å². The highest BCUT2D eigenvalue weighted by atomic mass is 79.9. The van der Waals surface area contributed by atoms with Gasteiger partial charge in [0.15, 0.2) is 0 Å². The number of hydrogen-bond acceptors (Lipinski definition) is 1. The Morgan fingerprint density at radius 3 is 2.56 bits per heavy atom. The molecule has 0 aromatic heterocycles.